The van der Waals surface area contributed by atoms with E-state index in [2.05, 4.69) is 11.9 Å². The number of carbonyl (C=O) groups is 2. The van der Waals surface area contributed by atoms with Crippen LogP contribution >= 0.6 is 0 Å². The molecule has 2 heterocycles. The molecule has 2 aromatic carbocycles. The maximum atomic E-state index is 13.4. The highest BCUT2D eigenvalue weighted by Crippen LogP contribution is 2.58. The molecule has 4 unspecified atom stereocenters. The van der Waals surface area contributed by atoms with E-state index < -0.39 is 17.4 Å². The number of benzene rings is 2. The van der Waals surface area contributed by atoms with Crippen LogP contribution in [0.3, 0.4) is 0 Å². The van der Waals surface area contributed by atoms with Crippen molar-refractivity contribution in [3.05, 3.63) is 46.5 Å². The molecule has 2 aromatic rings. The van der Waals surface area contributed by atoms with Crippen LogP contribution in [-0.2, 0) is 28.0 Å². The van der Waals surface area contributed by atoms with Crippen molar-refractivity contribution in [2.24, 2.45) is 11.8 Å². The first kappa shape index (κ1) is 28.1. The second-order valence-electron chi connectivity index (χ2n) is 11.2. The Labute approximate surface area is 235 Å². The maximum Gasteiger partial charge on any atom is 0.306 e. The zero-order valence-electron chi connectivity index (χ0n) is 24.3. The van der Waals surface area contributed by atoms with E-state index in [0.717, 1.165) is 35.2 Å². The number of hydrogen-bond donors (Lipinski definition) is 1. The first-order valence-electron chi connectivity index (χ1n) is 13.9. The molecular weight excluding hydrogens is 512 g/mol. The average molecular weight is 553 g/mol. The third kappa shape index (κ3) is 4.35. The van der Waals surface area contributed by atoms with Gasteiger partial charge in [-0.2, -0.15) is 0 Å². The standard InChI is InChI=1S/C31H40N2O7/c1-18(34)33-12-9-20-15-26(38-4)28(40-6)17-23(20)31(33)10-7-21(30(35)36)13-24(31)29-22-16-27(39-5)25(37-3)14-19(22)8-11-32(29)2/h14-17,21,24,29H,7-13H2,1-6H3,(H,35,36). The van der Waals surface area contributed by atoms with E-state index in [4.69, 9.17) is 18.9 Å². The van der Waals surface area contributed by atoms with Crippen LogP contribution in [-0.4, -0.2) is 75.4 Å². The van der Waals surface area contributed by atoms with Gasteiger partial charge in [0.05, 0.1) is 39.9 Å². The average Bonchev–Trinajstić information content (AvgIpc) is 2.96. The number of rotatable bonds is 6. The summed E-state index contributed by atoms with van der Waals surface area (Å²) in [5.41, 5.74) is 3.68. The van der Waals surface area contributed by atoms with Crippen molar-refractivity contribution in [1.82, 2.24) is 9.80 Å². The number of fused-ring (bicyclic) bond motifs is 3. The largest absolute Gasteiger partial charge is 0.493 e. The quantitative estimate of drug-likeness (QED) is 0.573. The van der Waals surface area contributed by atoms with Gasteiger partial charge in [0.25, 0.3) is 0 Å². The van der Waals surface area contributed by atoms with Crippen molar-refractivity contribution in [3.8, 4) is 23.0 Å². The number of carboxylic acid groups (broad SMARTS) is 1. The van der Waals surface area contributed by atoms with Crippen LogP contribution < -0.4 is 18.9 Å². The summed E-state index contributed by atoms with van der Waals surface area (Å²) in [6.07, 6.45) is 3.00. The fourth-order valence-corrected chi connectivity index (χ4v) is 7.66. The van der Waals surface area contributed by atoms with Crippen molar-refractivity contribution >= 4 is 11.9 Å². The van der Waals surface area contributed by atoms with E-state index in [1.165, 1.54) is 0 Å². The molecule has 1 N–H and O–H groups in total. The van der Waals surface area contributed by atoms with E-state index in [0.29, 0.717) is 55.2 Å². The SMILES string of the molecule is COc1cc2c(cc1OC)C(C1CC(C(=O)O)CCC13c1cc(OC)c(OC)cc1CCN3C(C)=O)N(C)CC2. The molecule has 2 aliphatic heterocycles. The lowest BCUT2D eigenvalue weighted by Gasteiger charge is -2.59. The summed E-state index contributed by atoms with van der Waals surface area (Å²) in [7, 11) is 8.60. The Morgan fingerprint density at radius 1 is 0.875 bits per heavy atom. The molecule has 1 spiro atoms. The zero-order valence-corrected chi connectivity index (χ0v) is 24.3. The van der Waals surface area contributed by atoms with Gasteiger partial charge in [-0.25, -0.2) is 0 Å². The number of carboxylic acids is 1. The number of carbonyl (C=O) groups excluding carboxylic acids is 1. The van der Waals surface area contributed by atoms with Crippen molar-refractivity contribution in [2.45, 2.75) is 50.6 Å². The monoisotopic (exact) mass is 552 g/mol. The third-order valence-corrected chi connectivity index (χ3v) is 9.47. The molecule has 9 heteroatoms. The van der Waals surface area contributed by atoms with Crippen LogP contribution in [0.2, 0.25) is 0 Å². The molecular formula is C31H40N2O7. The van der Waals surface area contributed by atoms with Gasteiger partial charge in [0.15, 0.2) is 23.0 Å². The Morgan fingerprint density at radius 2 is 1.45 bits per heavy atom. The Morgan fingerprint density at radius 3 is 2.05 bits per heavy atom. The zero-order chi connectivity index (χ0) is 28.8. The Kier molecular flexibility index (Phi) is 7.61. The fourth-order valence-electron chi connectivity index (χ4n) is 7.66. The van der Waals surface area contributed by atoms with Crippen LogP contribution in [0.1, 0.15) is 54.5 Å². The molecule has 9 nitrogen and oxygen atoms in total. The highest BCUT2D eigenvalue weighted by atomic mass is 16.5. The molecule has 0 radical (unpaired) electrons. The molecule has 0 saturated heterocycles. The third-order valence-electron chi connectivity index (χ3n) is 9.47. The Bertz CT molecular complexity index is 1310. The predicted octanol–water partition coefficient (Wildman–Crippen LogP) is 4.05. The lowest BCUT2D eigenvalue weighted by Crippen LogP contribution is -2.62. The first-order valence-corrected chi connectivity index (χ1v) is 13.9. The molecule has 3 aliphatic rings. The Balaban J connectivity index is 1.78. The summed E-state index contributed by atoms with van der Waals surface area (Å²) >= 11 is 0. The van der Waals surface area contributed by atoms with Gasteiger partial charge in [-0.1, -0.05) is 0 Å². The fraction of sp³-hybridized carbons (Fsp3) is 0.548. The summed E-state index contributed by atoms with van der Waals surface area (Å²) in [6.45, 7) is 2.98. The number of methoxy groups -OCH3 is 4. The molecule has 1 amide bonds. The number of ether oxygens (including phenoxy) is 4. The second-order valence-corrected chi connectivity index (χ2v) is 11.2. The smallest absolute Gasteiger partial charge is 0.306 e. The van der Waals surface area contributed by atoms with Crippen LogP contribution in [0.25, 0.3) is 0 Å². The van der Waals surface area contributed by atoms with Gasteiger partial charge in [-0.15, -0.1) is 0 Å². The van der Waals surface area contributed by atoms with Crippen LogP contribution in [0.15, 0.2) is 24.3 Å². The summed E-state index contributed by atoms with van der Waals surface area (Å²) in [5.74, 6) is 1.07. The highest BCUT2D eigenvalue weighted by Gasteiger charge is 2.57. The minimum atomic E-state index is -0.788. The maximum absolute atomic E-state index is 13.4. The van der Waals surface area contributed by atoms with Gasteiger partial charge in [0.1, 0.15) is 0 Å². The van der Waals surface area contributed by atoms with Crippen LogP contribution in [0, 0.1) is 11.8 Å². The van der Waals surface area contributed by atoms with Crippen LogP contribution in [0.4, 0.5) is 0 Å². The molecule has 1 aliphatic carbocycles. The van der Waals surface area contributed by atoms with Gasteiger partial charge in [0.2, 0.25) is 5.91 Å². The minimum Gasteiger partial charge on any atom is -0.493 e. The van der Waals surface area contributed by atoms with Gasteiger partial charge >= 0.3 is 5.97 Å². The van der Waals surface area contributed by atoms with Gasteiger partial charge in [-0.3, -0.25) is 14.5 Å². The van der Waals surface area contributed by atoms with E-state index in [1.54, 1.807) is 35.4 Å². The number of amides is 1. The summed E-state index contributed by atoms with van der Waals surface area (Å²) in [6, 6.07) is 7.99. The summed E-state index contributed by atoms with van der Waals surface area (Å²) in [4.78, 5) is 30.2. The molecule has 5 rings (SSSR count). The van der Waals surface area contributed by atoms with E-state index >= 15 is 0 Å². The van der Waals surface area contributed by atoms with Gasteiger partial charge in [-0.05, 0) is 85.7 Å². The second kappa shape index (κ2) is 10.8. The summed E-state index contributed by atoms with van der Waals surface area (Å²) in [5, 5.41) is 10.2. The number of nitrogens with zero attached hydrogens (tertiary/aromatic N) is 2. The van der Waals surface area contributed by atoms with Gasteiger partial charge in [0, 0.05) is 32.0 Å². The van der Waals surface area contributed by atoms with E-state index in [-0.39, 0.29) is 17.9 Å². The van der Waals surface area contributed by atoms with Crippen molar-refractivity contribution in [2.75, 3.05) is 48.6 Å². The highest BCUT2D eigenvalue weighted by molar-refractivity contribution is 5.76. The number of aliphatic carboxylic acids is 1. The number of likely N-dealkylation sites (N-methyl/N-ethyl adjacent to an activating group) is 1. The molecule has 4 atom stereocenters. The number of hydrogen-bond acceptors (Lipinski definition) is 7. The molecule has 40 heavy (non-hydrogen) atoms. The molecule has 0 aromatic heterocycles. The Hall–Kier alpha value is -3.46. The lowest BCUT2D eigenvalue weighted by molar-refractivity contribution is -0.153. The molecule has 216 valence electrons. The molecule has 1 saturated carbocycles. The topological polar surface area (TPSA) is 97.8 Å². The summed E-state index contributed by atoms with van der Waals surface area (Å²) < 4.78 is 22.7. The van der Waals surface area contributed by atoms with E-state index in [1.807, 2.05) is 29.2 Å². The molecule has 1 fully saturated rings. The molecule has 0 bridgehead atoms. The minimum absolute atomic E-state index is 0.00907. The van der Waals surface area contributed by atoms with E-state index in [9.17, 15) is 14.7 Å². The van der Waals surface area contributed by atoms with Gasteiger partial charge < -0.3 is 29.0 Å². The van der Waals surface area contributed by atoms with Crippen LogP contribution in [0.5, 0.6) is 23.0 Å². The van der Waals surface area contributed by atoms with Crippen molar-refractivity contribution in [1.29, 1.82) is 0 Å². The predicted molar refractivity (Wildman–Crippen MR) is 149 cm³/mol. The van der Waals surface area contributed by atoms with Crippen molar-refractivity contribution in [3.63, 3.8) is 0 Å². The van der Waals surface area contributed by atoms with Crippen molar-refractivity contribution < 1.29 is 33.6 Å². The lowest BCUT2D eigenvalue weighted by atomic mass is 9.58. The first-order chi connectivity index (χ1) is 19.2. The normalized spacial score (nSPS) is 26.1.